The van der Waals surface area contributed by atoms with E-state index in [2.05, 4.69) is 15.9 Å². The van der Waals surface area contributed by atoms with Gasteiger partial charge in [-0.15, -0.1) is 0 Å². The van der Waals surface area contributed by atoms with Crippen LogP contribution in [0.1, 0.15) is 19.3 Å². The van der Waals surface area contributed by atoms with Crippen molar-refractivity contribution in [1.82, 2.24) is 0 Å². The van der Waals surface area contributed by atoms with Gasteiger partial charge in [0.25, 0.3) is 0 Å². The first-order valence-corrected chi connectivity index (χ1v) is 4.89. The topological polar surface area (TPSA) is 35.5 Å². The number of carbonyl (C=O) groups is 1. The van der Waals surface area contributed by atoms with Crippen molar-refractivity contribution >= 4 is 21.9 Å². The van der Waals surface area contributed by atoms with E-state index < -0.39 is 0 Å². The van der Waals surface area contributed by atoms with Gasteiger partial charge in [0.15, 0.2) is 0 Å². The largest absolute Gasteiger partial charge is 0.493 e. The molecule has 0 spiro atoms. The van der Waals surface area contributed by atoms with Crippen molar-refractivity contribution < 1.29 is 14.3 Å². The Morgan fingerprint density at radius 3 is 2.75 bits per heavy atom. The molecule has 2 rings (SSSR count). The van der Waals surface area contributed by atoms with Crippen LogP contribution in [0.5, 0.6) is 0 Å². The third-order valence-electron chi connectivity index (χ3n) is 1.98. The van der Waals surface area contributed by atoms with E-state index in [4.69, 9.17) is 9.47 Å². The lowest BCUT2D eigenvalue weighted by Crippen LogP contribution is -1.99. The molecule has 2 saturated heterocycles. The van der Waals surface area contributed by atoms with Gasteiger partial charge in [-0.1, -0.05) is 15.9 Å². The number of allylic oxidation sites excluding steroid dienone is 2. The van der Waals surface area contributed by atoms with E-state index in [0.29, 0.717) is 19.4 Å². The molecule has 2 heterocycles. The Bertz CT molecular complexity index is 247. The number of ether oxygens (including phenoxy) is 2. The van der Waals surface area contributed by atoms with Crippen molar-refractivity contribution in [2.24, 2.45) is 0 Å². The van der Waals surface area contributed by atoms with E-state index in [0.717, 1.165) is 17.9 Å². The van der Waals surface area contributed by atoms with Crippen molar-refractivity contribution in [2.45, 2.75) is 24.1 Å². The zero-order valence-electron chi connectivity index (χ0n) is 6.51. The van der Waals surface area contributed by atoms with Crippen LogP contribution >= 0.6 is 15.9 Å². The van der Waals surface area contributed by atoms with Gasteiger partial charge < -0.3 is 9.47 Å². The average Bonchev–Trinajstić information content (AvgIpc) is 2.58. The highest BCUT2D eigenvalue weighted by Gasteiger charge is 2.29. The fourth-order valence-electron chi connectivity index (χ4n) is 1.38. The van der Waals surface area contributed by atoms with E-state index >= 15 is 0 Å². The molecule has 0 N–H and O–H groups in total. The van der Waals surface area contributed by atoms with Gasteiger partial charge in [-0.05, 0) is 0 Å². The van der Waals surface area contributed by atoms with Gasteiger partial charge in [-0.2, -0.15) is 0 Å². The Balaban J connectivity index is 2.19. The van der Waals surface area contributed by atoms with Gasteiger partial charge in [0.05, 0.1) is 17.9 Å². The van der Waals surface area contributed by atoms with Crippen LogP contribution in [0.2, 0.25) is 0 Å². The van der Waals surface area contributed by atoms with Crippen LogP contribution in [0.15, 0.2) is 11.5 Å². The van der Waals surface area contributed by atoms with Crippen LogP contribution in [0.25, 0.3) is 0 Å². The quantitative estimate of drug-likeness (QED) is 0.472. The third-order valence-corrected chi connectivity index (χ3v) is 2.86. The van der Waals surface area contributed by atoms with Crippen LogP contribution in [0.3, 0.4) is 0 Å². The molecule has 0 aromatic rings. The lowest BCUT2D eigenvalue weighted by Gasteiger charge is -2.04. The van der Waals surface area contributed by atoms with Crippen molar-refractivity contribution in [3.8, 4) is 0 Å². The zero-order chi connectivity index (χ0) is 8.55. The monoisotopic (exact) mass is 232 g/mol. The lowest BCUT2D eigenvalue weighted by molar-refractivity contribution is -0.135. The molecule has 0 bridgehead atoms. The Kier molecular flexibility index (Phi) is 2.09. The van der Waals surface area contributed by atoms with E-state index in [-0.39, 0.29) is 10.8 Å². The number of esters is 1. The number of halogens is 1. The summed E-state index contributed by atoms with van der Waals surface area (Å²) in [6.45, 7) is 0.715. The molecule has 0 aromatic carbocycles. The van der Waals surface area contributed by atoms with Crippen molar-refractivity contribution in [2.75, 3.05) is 6.61 Å². The number of rotatable bonds is 0. The summed E-state index contributed by atoms with van der Waals surface area (Å²) in [5.41, 5.74) is 0. The first kappa shape index (κ1) is 8.10. The molecule has 0 aliphatic carbocycles. The van der Waals surface area contributed by atoms with Gasteiger partial charge in [-0.3, -0.25) is 4.79 Å². The minimum absolute atomic E-state index is 0.146. The Labute approximate surface area is 78.8 Å². The van der Waals surface area contributed by atoms with Crippen molar-refractivity contribution in [1.29, 1.82) is 0 Å². The molecule has 0 saturated carbocycles. The van der Waals surface area contributed by atoms with Gasteiger partial charge in [0.2, 0.25) is 0 Å². The second-order valence-corrected chi connectivity index (χ2v) is 3.97. The van der Waals surface area contributed by atoms with Gasteiger partial charge in [0, 0.05) is 12.8 Å². The maximum atomic E-state index is 10.8. The summed E-state index contributed by atoms with van der Waals surface area (Å²) in [5.74, 6) is 1.40. The molecule has 1 atom stereocenters. The second kappa shape index (κ2) is 3.09. The molecular formula is C8H9BrO3. The molecule has 2 aliphatic heterocycles. The molecule has 0 aromatic heterocycles. The molecule has 3 nitrogen and oxygen atoms in total. The molecule has 0 radical (unpaired) electrons. The highest BCUT2D eigenvalue weighted by molar-refractivity contribution is 9.09. The van der Waals surface area contributed by atoms with Crippen LogP contribution < -0.4 is 0 Å². The smallest absolute Gasteiger partial charge is 0.311 e. The van der Waals surface area contributed by atoms with Gasteiger partial charge in [-0.25, -0.2) is 0 Å². The molecule has 66 valence electrons. The predicted molar refractivity (Wildman–Crippen MR) is 45.6 cm³/mol. The van der Waals surface area contributed by atoms with E-state index in [1.807, 2.05) is 0 Å². The fraction of sp³-hybridized carbons (Fsp3) is 0.625. The number of hydrogen-bond acceptors (Lipinski definition) is 3. The molecule has 2 aliphatic rings. The molecule has 1 unspecified atom stereocenters. The summed E-state index contributed by atoms with van der Waals surface area (Å²) in [5, 5.41) is 0. The summed E-state index contributed by atoms with van der Waals surface area (Å²) >= 11 is 3.46. The molecule has 12 heavy (non-hydrogen) atoms. The minimum atomic E-state index is -0.146. The van der Waals surface area contributed by atoms with Gasteiger partial charge >= 0.3 is 5.97 Å². The number of alkyl halides is 1. The molecule has 0 amide bonds. The number of cyclic esters (lactones) is 1. The zero-order valence-corrected chi connectivity index (χ0v) is 8.09. The summed E-state index contributed by atoms with van der Waals surface area (Å²) in [7, 11) is 0. The summed E-state index contributed by atoms with van der Waals surface area (Å²) in [6.07, 6.45) is 2.13. The molecule has 2 fully saturated rings. The SMILES string of the molecule is O=C1CC/C(=C2\OCCC2Br)O1. The number of carbonyl (C=O) groups excluding carboxylic acids is 1. The highest BCUT2D eigenvalue weighted by Crippen LogP contribution is 2.32. The lowest BCUT2D eigenvalue weighted by atomic mass is 10.2. The van der Waals surface area contributed by atoms with Gasteiger partial charge in [0.1, 0.15) is 11.5 Å². The van der Waals surface area contributed by atoms with Crippen LogP contribution in [-0.2, 0) is 14.3 Å². The Morgan fingerprint density at radius 2 is 2.25 bits per heavy atom. The predicted octanol–water partition coefficient (Wildman–Crippen LogP) is 1.72. The van der Waals surface area contributed by atoms with Crippen LogP contribution in [0.4, 0.5) is 0 Å². The maximum absolute atomic E-state index is 10.8. The maximum Gasteiger partial charge on any atom is 0.311 e. The third kappa shape index (κ3) is 1.35. The normalized spacial score (nSPS) is 35.1. The number of hydrogen-bond donors (Lipinski definition) is 0. The van der Waals surface area contributed by atoms with E-state index in [1.54, 1.807) is 0 Å². The first-order chi connectivity index (χ1) is 5.77. The fourth-order valence-corrected chi connectivity index (χ4v) is 1.95. The highest BCUT2D eigenvalue weighted by atomic mass is 79.9. The minimum Gasteiger partial charge on any atom is -0.493 e. The summed E-state index contributed by atoms with van der Waals surface area (Å²) in [4.78, 5) is 11.0. The Hall–Kier alpha value is -0.510. The van der Waals surface area contributed by atoms with E-state index in [9.17, 15) is 4.79 Å². The summed E-state index contributed by atoms with van der Waals surface area (Å²) in [6, 6.07) is 0. The van der Waals surface area contributed by atoms with Crippen molar-refractivity contribution in [3.63, 3.8) is 0 Å². The average molecular weight is 233 g/mol. The van der Waals surface area contributed by atoms with E-state index in [1.165, 1.54) is 0 Å². The van der Waals surface area contributed by atoms with Crippen LogP contribution in [0, 0.1) is 0 Å². The first-order valence-electron chi connectivity index (χ1n) is 3.98. The standard InChI is InChI=1S/C8H9BrO3/c9-5-3-4-11-8(5)6-1-2-7(10)12-6/h5H,1-4H2/b8-6+. The second-order valence-electron chi connectivity index (χ2n) is 2.87. The van der Waals surface area contributed by atoms with Crippen molar-refractivity contribution in [3.05, 3.63) is 11.5 Å². The van der Waals surface area contributed by atoms with Crippen LogP contribution in [-0.4, -0.2) is 17.4 Å². The summed E-state index contributed by atoms with van der Waals surface area (Å²) < 4.78 is 10.4. The molecular weight excluding hydrogens is 224 g/mol. The molecule has 4 heteroatoms. The Morgan fingerprint density at radius 1 is 1.42 bits per heavy atom.